The van der Waals surface area contributed by atoms with E-state index in [2.05, 4.69) is 35.2 Å². The van der Waals surface area contributed by atoms with Crippen LogP contribution >= 0.6 is 0 Å². The highest BCUT2D eigenvalue weighted by atomic mass is 16.3. The van der Waals surface area contributed by atoms with Crippen LogP contribution in [0.25, 0.3) is 0 Å². The molecule has 1 fully saturated rings. The Morgan fingerprint density at radius 2 is 1.93 bits per heavy atom. The molecule has 1 N–H and O–H groups in total. The average molecular weight is 393 g/mol. The second-order valence-electron chi connectivity index (χ2n) is 7.52. The van der Waals surface area contributed by atoms with E-state index in [0.29, 0.717) is 24.7 Å². The van der Waals surface area contributed by atoms with Gasteiger partial charge in [0.15, 0.2) is 5.69 Å². The van der Waals surface area contributed by atoms with E-state index in [1.807, 2.05) is 11.0 Å². The Bertz CT molecular complexity index is 590. The molecule has 1 aliphatic heterocycles. The molecule has 28 heavy (non-hydrogen) atoms. The van der Waals surface area contributed by atoms with Crippen LogP contribution in [-0.2, 0) is 6.54 Å². The fourth-order valence-electron chi connectivity index (χ4n) is 3.52. The van der Waals surface area contributed by atoms with Crippen molar-refractivity contribution in [1.29, 1.82) is 0 Å². The number of allylic oxidation sites excluding steroid dienone is 1. The molecule has 2 rings (SSSR count). The Balaban J connectivity index is 1.79. The summed E-state index contributed by atoms with van der Waals surface area (Å²) < 4.78 is 5.57. The van der Waals surface area contributed by atoms with E-state index < -0.39 is 0 Å². The summed E-state index contributed by atoms with van der Waals surface area (Å²) in [6, 6.07) is 0. The Labute approximate surface area is 169 Å². The molecule has 0 aliphatic carbocycles. The lowest BCUT2D eigenvalue weighted by Crippen LogP contribution is -2.48. The van der Waals surface area contributed by atoms with Crippen molar-refractivity contribution in [2.24, 2.45) is 0 Å². The molecule has 0 saturated carbocycles. The number of nitrogens with zero attached hydrogens (tertiary/aromatic N) is 4. The van der Waals surface area contributed by atoms with Gasteiger partial charge in [0.2, 0.25) is 5.89 Å². The second-order valence-corrected chi connectivity index (χ2v) is 7.52. The van der Waals surface area contributed by atoms with Gasteiger partial charge in [0.25, 0.3) is 5.91 Å². The first kappa shape index (κ1) is 22.6. The van der Waals surface area contributed by atoms with Crippen LogP contribution in [-0.4, -0.2) is 82.6 Å². The van der Waals surface area contributed by atoms with E-state index in [0.717, 1.165) is 65.0 Å². The molecule has 0 unspecified atom stereocenters. The molecule has 1 amide bonds. The molecule has 0 radical (unpaired) electrons. The van der Waals surface area contributed by atoms with Crippen molar-refractivity contribution in [2.75, 3.05) is 45.8 Å². The van der Waals surface area contributed by atoms with E-state index in [-0.39, 0.29) is 12.0 Å². The van der Waals surface area contributed by atoms with Gasteiger partial charge >= 0.3 is 0 Å². The summed E-state index contributed by atoms with van der Waals surface area (Å²) in [7, 11) is 0. The van der Waals surface area contributed by atoms with Gasteiger partial charge in [-0.2, -0.15) is 0 Å². The number of aromatic nitrogens is 1. The number of carbonyl (C=O) groups is 1. The first-order chi connectivity index (χ1) is 13.6. The lowest BCUT2D eigenvalue weighted by molar-refractivity contribution is 0.0642. The van der Waals surface area contributed by atoms with E-state index in [1.165, 1.54) is 6.26 Å². The predicted molar refractivity (Wildman–Crippen MR) is 110 cm³/mol. The molecule has 7 heteroatoms. The van der Waals surface area contributed by atoms with Crippen LogP contribution in [0.4, 0.5) is 0 Å². The highest BCUT2D eigenvalue weighted by Gasteiger charge is 2.22. The Morgan fingerprint density at radius 3 is 2.54 bits per heavy atom. The molecule has 0 spiro atoms. The van der Waals surface area contributed by atoms with Gasteiger partial charge in [-0.05, 0) is 25.7 Å². The molecular weight excluding hydrogens is 356 g/mol. The van der Waals surface area contributed by atoms with Crippen LogP contribution in [0.1, 0.15) is 55.9 Å². The third-order valence-electron chi connectivity index (χ3n) is 5.04. The van der Waals surface area contributed by atoms with Crippen LogP contribution < -0.4 is 0 Å². The fourth-order valence-corrected chi connectivity index (χ4v) is 3.52. The van der Waals surface area contributed by atoms with Crippen molar-refractivity contribution in [3.8, 4) is 0 Å². The molecule has 1 aliphatic rings. The van der Waals surface area contributed by atoms with Crippen LogP contribution in [0.3, 0.4) is 0 Å². The molecule has 2 heterocycles. The van der Waals surface area contributed by atoms with Crippen LogP contribution in [0.2, 0.25) is 0 Å². The number of rotatable bonds is 12. The van der Waals surface area contributed by atoms with Crippen LogP contribution in [0.5, 0.6) is 0 Å². The zero-order valence-electron chi connectivity index (χ0n) is 17.5. The number of aliphatic hydroxyl groups excluding tert-OH is 1. The summed E-state index contributed by atoms with van der Waals surface area (Å²) in [6.45, 7) is 14.3. The van der Waals surface area contributed by atoms with E-state index in [4.69, 9.17) is 4.42 Å². The van der Waals surface area contributed by atoms with Crippen molar-refractivity contribution < 1.29 is 14.3 Å². The molecule has 1 atom stereocenters. The van der Waals surface area contributed by atoms with Crippen molar-refractivity contribution in [3.05, 3.63) is 30.5 Å². The highest BCUT2D eigenvalue weighted by molar-refractivity contribution is 5.91. The van der Waals surface area contributed by atoms with E-state index in [1.54, 1.807) is 0 Å². The number of oxazole rings is 1. The van der Waals surface area contributed by atoms with Gasteiger partial charge in [0, 0.05) is 45.8 Å². The SMILES string of the molecule is C=CCC[C@H](O)CN1CCN(Cc2nc(C(=O)N(CCC)CCC)co2)CC1. The number of hydrogen-bond donors (Lipinski definition) is 1. The average Bonchev–Trinajstić information content (AvgIpc) is 3.15. The van der Waals surface area contributed by atoms with Gasteiger partial charge in [0.05, 0.1) is 12.6 Å². The van der Waals surface area contributed by atoms with Crippen LogP contribution in [0.15, 0.2) is 23.3 Å². The van der Waals surface area contributed by atoms with E-state index >= 15 is 0 Å². The largest absolute Gasteiger partial charge is 0.447 e. The minimum atomic E-state index is -0.293. The first-order valence-corrected chi connectivity index (χ1v) is 10.5. The Hall–Kier alpha value is -1.70. The Morgan fingerprint density at radius 1 is 1.29 bits per heavy atom. The Kier molecular flexibility index (Phi) is 9.67. The summed E-state index contributed by atoms with van der Waals surface area (Å²) in [4.78, 5) is 23.5. The number of hydrogen-bond acceptors (Lipinski definition) is 6. The molecule has 0 aromatic carbocycles. The molecule has 158 valence electrons. The molecular formula is C21H36N4O3. The number of aliphatic hydroxyl groups is 1. The fraction of sp³-hybridized carbons (Fsp3) is 0.714. The molecule has 1 aromatic heterocycles. The van der Waals surface area contributed by atoms with Gasteiger partial charge in [0.1, 0.15) is 6.26 Å². The lowest BCUT2D eigenvalue weighted by Gasteiger charge is -2.34. The van der Waals surface area contributed by atoms with Gasteiger partial charge in [-0.3, -0.25) is 14.6 Å². The summed E-state index contributed by atoms with van der Waals surface area (Å²) in [6.07, 6.45) is 6.53. The third kappa shape index (κ3) is 7.04. The summed E-state index contributed by atoms with van der Waals surface area (Å²) in [5.74, 6) is 0.549. The minimum Gasteiger partial charge on any atom is -0.447 e. The third-order valence-corrected chi connectivity index (χ3v) is 5.04. The summed E-state index contributed by atoms with van der Waals surface area (Å²) in [5, 5.41) is 10.0. The lowest BCUT2D eigenvalue weighted by atomic mass is 10.1. The number of β-amino-alcohol motifs (C(OH)–C–C–N with tert-alkyl or cyclic N) is 1. The van der Waals surface area contributed by atoms with Crippen molar-refractivity contribution in [1.82, 2.24) is 19.7 Å². The maximum Gasteiger partial charge on any atom is 0.275 e. The van der Waals surface area contributed by atoms with E-state index in [9.17, 15) is 9.90 Å². The predicted octanol–water partition coefficient (Wildman–Crippen LogP) is 2.38. The number of carbonyl (C=O) groups excluding carboxylic acids is 1. The van der Waals surface area contributed by atoms with Gasteiger partial charge in [-0.1, -0.05) is 19.9 Å². The van der Waals surface area contributed by atoms with Gasteiger partial charge in [-0.15, -0.1) is 6.58 Å². The van der Waals surface area contributed by atoms with Crippen molar-refractivity contribution >= 4 is 5.91 Å². The van der Waals surface area contributed by atoms with Gasteiger partial charge in [-0.25, -0.2) is 4.98 Å². The number of piperazine rings is 1. The maximum absolute atomic E-state index is 12.6. The normalized spacial score (nSPS) is 16.8. The smallest absolute Gasteiger partial charge is 0.275 e. The summed E-state index contributed by atoms with van der Waals surface area (Å²) in [5.41, 5.74) is 0.404. The highest BCUT2D eigenvalue weighted by Crippen LogP contribution is 2.12. The maximum atomic E-state index is 12.6. The molecule has 7 nitrogen and oxygen atoms in total. The minimum absolute atomic E-state index is 0.0444. The first-order valence-electron chi connectivity index (χ1n) is 10.5. The zero-order chi connectivity index (χ0) is 20.4. The number of amides is 1. The second kappa shape index (κ2) is 12.0. The van der Waals surface area contributed by atoms with Crippen molar-refractivity contribution in [2.45, 2.75) is 52.2 Å². The molecule has 1 saturated heterocycles. The zero-order valence-corrected chi connectivity index (χ0v) is 17.5. The van der Waals surface area contributed by atoms with Crippen LogP contribution in [0, 0.1) is 0 Å². The molecule has 0 bridgehead atoms. The standard InChI is InChI=1S/C21H36N4O3/c1-4-7-8-18(26)15-23-11-13-24(14-12-23)16-20-22-19(17-28-20)21(27)25(9-5-2)10-6-3/h4,17-18,26H,1,5-16H2,2-3H3/t18-/m0/s1. The topological polar surface area (TPSA) is 73.1 Å². The van der Waals surface area contributed by atoms with Gasteiger partial charge < -0.3 is 14.4 Å². The van der Waals surface area contributed by atoms with Crippen molar-refractivity contribution in [3.63, 3.8) is 0 Å². The monoisotopic (exact) mass is 392 g/mol. The quantitative estimate of drug-likeness (QED) is 0.551. The molecule has 1 aromatic rings. The summed E-state index contributed by atoms with van der Waals surface area (Å²) >= 11 is 0.